The Kier molecular flexibility index (Phi) is 3.36. The highest BCUT2D eigenvalue weighted by atomic mass is 16.4. The average Bonchev–Trinajstić information content (AvgIpc) is 2.85. The molecule has 0 bridgehead atoms. The van der Waals surface area contributed by atoms with Gasteiger partial charge in [0.1, 0.15) is 0 Å². The lowest BCUT2D eigenvalue weighted by atomic mass is 9.82. The van der Waals surface area contributed by atoms with Gasteiger partial charge in [0.2, 0.25) is 5.91 Å². The van der Waals surface area contributed by atoms with Gasteiger partial charge in [-0.15, -0.1) is 0 Å². The molecule has 2 rings (SSSR count). The summed E-state index contributed by atoms with van der Waals surface area (Å²) in [4.78, 5) is 25.1. The minimum Gasteiger partial charge on any atom is -0.481 e. The van der Waals surface area contributed by atoms with E-state index in [4.69, 9.17) is 0 Å². The zero-order chi connectivity index (χ0) is 13.4. The van der Waals surface area contributed by atoms with E-state index < -0.39 is 17.0 Å². The second kappa shape index (κ2) is 4.53. The van der Waals surface area contributed by atoms with Gasteiger partial charge in [-0.05, 0) is 26.2 Å². The van der Waals surface area contributed by atoms with Gasteiger partial charge in [0.05, 0.1) is 11.0 Å². The summed E-state index contributed by atoms with van der Waals surface area (Å²) < 4.78 is 0. The third-order valence-electron chi connectivity index (χ3n) is 4.31. The molecule has 2 fully saturated rings. The number of likely N-dealkylation sites (tertiary alicyclic amines) is 1. The Bertz CT molecular complexity index is 358. The lowest BCUT2D eigenvalue weighted by Gasteiger charge is -2.26. The maximum atomic E-state index is 12.2. The first-order valence-electron chi connectivity index (χ1n) is 6.58. The molecule has 102 valence electrons. The maximum absolute atomic E-state index is 12.2. The molecule has 5 heteroatoms. The van der Waals surface area contributed by atoms with Crippen molar-refractivity contribution in [1.82, 2.24) is 4.90 Å². The van der Waals surface area contributed by atoms with E-state index in [9.17, 15) is 19.8 Å². The number of β-amino-alcohol motifs (C(OH)–C–C–N with tert-alkyl or cyclic N) is 1. The van der Waals surface area contributed by atoms with Gasteiger partial charge < -0.3 is 15.1 Å². The molecule has 0 spiro atoms. The highest BCUT2D eigenvalue weighted by molar-refractivity contribution is 5.85. The highest BCUT2D eigenvalue weighted by Crippen LogP contribution is 2.42. The van der Waals surface area contributed by atoms with Crippen LogP contribution in [0.25, 0.3) is 0 Å². The number of aliphatic carboxylic acids is 1. The Labute approximate surface area is 107 Å². The lowest BCUT2D eigenvalue weighted by Crippen LogP contribution is -2.39. The zero-order valence-corrected chi connectivity index (χ0v) is 10.8. The Morgan fingerprint density at radius 1 is 1.22 bits per heavy atom. The van der Waals surface area contributed by atoms with Gasteiger partial charge in [0, 0.05) is 19.5 Å². The van der Waals surface area contributed by atoms with Crippen LogP contribution >= 0.6 is 0 Å². The van der Waals surface area contributed by atoms with E-state index in [1.165, 1.54) is 0 Å². The predicted octanol–water partition coefficient (Wildman–Crippen LogP) is 1.00. The van der Waals surface area contributed by atoms with Crippen LogP contribution in [-0.4, -0.2) is 45.7 Å². The molecule has 0 aromatic carbocycles. The molecule has 1 unspecified atom stereocenters. The summed E-state index contributed by atoms with van der Waals surface area (Å²) in [7, 11) is 0. The van der Waals surface area contributed by atoms with Crippen LogP contribution in [-0.2, 0) is 9.59 Å². The van der Waals surface area contributed by atoms with Gasteiger partial charge in [-0.25, -0.2) is 0 Å². The highest BCUT2D eigenvalue weighted by Gasteiger charge is 2.45. The van der Waals surface area contributed by atoms with Crippen LogP contribution in [0.2, 0.25) is 0 Å². The number of carbonyl (C=O) groups excluding carboxylic acids is 1. The molecule has 1 atom stereocenters. The fraction of sp³-hybridized carbons (Fsp3) is 0.846. The van der Waals surface area contributed by atoms with E-state index >= 15 is 0 Å². The third-order valence-corrected chi connectivity index (χ3v) is 4.31. The summed E-state index contributed by atoms with van der Waals surface area (Å²) in [6, 6.07) is 0. The summed E-state index contributed by atoms with van der Waals surface area (Å²) in [5.74, 6) is -0.976. The van der Waals surface area contributed by atoms with Crippen molar-refractivity contribution in [1.29, 1.82) is 0 Å². The zero-order valence-electron chi connectivity index (χ0n) is 10.8. The Hall–Kier alpha value is -1.10. The largest absolute Gasteiger partial charge is 0.481 e. The molecule has 0 aromatic heterocycles. The van der Waals surface area contributed by atoms with Crippen LogP contribution in [0.15, 0.2) is 0 Å². The van der Waals surface area contributed by atoms with Crippen molar-refractivity contribution >= 4 is 11.9 Å². The first-order valence-corrected chi connectivity index (χ1v) is 6.58. The molecule has 1 saturated heterocycles. The fourth-order valence-corrected chi connectivity index (χ4v) is 3.08. The molecule has 0 aromatic rings. The number of nitrogens with zero attached hydrogens (tertiary/aromatic N) is 1. The number of carboxylic acid groups (broad SMARTS) is 1. The number of carbonyl (C=O) groups is 2. The number of hydrogen-bond donors (Lipinski definition) is 2. The maximum Gasteiger partial charge on any atom is 0.310 e. The van der Waals surface area contributed by atoms with Crippen molar-refractivity contribution in [2.45, 2.75) is 51.0 Å². The minimum atomic E-state index is -0.856. The SMILES string of the molecule is CC1(O)CCN(C(=O)CC2(C(=O)O)CCCC2)C1. The lowest BCUT2D eigenvalue weighted by molar-refractivity contribution is -0.153. The molecule has 1 heterocycles. The van der Waals surface area contributed by atoms with E-state index in [0.717, 1.165) is 12.8 Å². The molecule has 18 heavy (non-hydrogen) atoms. The average molecular weight is 255 g/mol. The molecule has 2 aliphatic rings. The molecule has 1 aliphatic heterocycles. The summed E-state index contributed by atoms with van der Waals surface area (Å²) in [6.07, 6.45) is 3.61. The standard InChI is InChI=1S/C13H21NO4/c1-12(18)6-7-14(9-12)10(15)8-13(11(16)17)4-2-3-5-13/h18H,2-9H2,1H3,(H,16,17). The van der Waals surface area contributed by atoms with E-state index in [-0.39, 0.29) is 12.3 Å². The number of carboxylic acids is 1. The smallest absolute Gasteiger partial charge is 0.310 e. The molecule has 1 aliphatic carbocycles. The number of rotatable bonds is 3. The second-order valence-electron chi connectivity index (χ2n) is 6.03. The summed E-state index contributed by atoms with van der Waals surface area (Å²) in [5.41, 5.74) is -1.67. The topological polar surface area (TPSA) is 77.8 Å². The third kappa shape index (κ3) is 2.51. The van der Waals surface area contributed by atoms with Gasteiger partial charge in [0.15, 0.2) is 0 Å². The van der Waals surface area contributed by atoms with Crippen LogP contribution in [0.3, 0.4) is 0 Å². The monoisotopic (exact) mass is 255 g/mol. The first-order chi connectivity index (χ1) is 8.35. The van der Waals surface area contributed by atoms with E-state index in [1.54, 1.807) is 11.8 Å². The second-order valence-corrected chi connectivity index (χ2v) is 6.03. The number of hydrogen-bond acceptors (Lipinski definition) is 3. The molecule has 0 radical (unpaired) electrons. The summed E-state index contributed by atoms with van der Waals surface area (Å²) >= 11 is 0. The van der Waals surface area contributed by atoms with Gasteiger partial charge in [-0.2, -0.15) is 0 Å². The van der Waals surface area contributed by atoms with E-state index in [1.807, 2.05) is 0 Å². The van der Waals surface area contributed by atoms with Crippen molar-refractivity contribution in [2.24, 2.45) is 5.41 Å². The molecule has 5 nitrogen and oxygen atoms in total. The Morgan fingerprint density at radius 2 is 1.83 bits per heavy atom. The fourth-order valence-electron chi connectivity index (χ4n) is 3.08. The van der Waals surface area contributed by atoms with Crippen molar-refractivity contribution in [3.63, 3.8) is 0 Å². The summed E-state index contributed by atoms with van der Waals surface area (Å²) in [6.45, 7) is 2.56. The van der Waals surface area contributed by atoms with E-state index in [2.05, 4.69) is 0 Å². The molecule has 2 N–H and O–H groups in total. The van der Waals surface area contributed by atoms with E-state index in [0.29, 0.717) is 32.4 Å². The minimum absolute atomic E-state index is 0.0818. The first kappa shape index (κ1) is 13.3. The van der Waals surface area contributed by atoms with Crippen LogP contribution in [0.5, 0.6) is 0 Å². The Balaban J connectivity index is 2.00. The van der Waals surface area contributed by atoms with Gasteiger partial charge in [-0.1, -0.05) is 12.8 Å². The van der Waals surface area contributed by atoms with Gasteiger partial charge >= 0.3 is 5.97 Å². The normalized spacial score (nSPS) is 30.7. The number of aliphatic hydroxyl groups is 1. The predicted molar refractivity (Wildman–Crippen MR) is 65.0 cm³/mol. The van der Waals surface area contributed by atoms with Gasteiger partial charge in [0.25, 0.3) is 0 Å². The number of amides is 1. The van der Waals surface area contributed by atoms with Crippen molar-refractivity contribution < 1.29 is 19.8 Å². The van der Waals surface area contributed by atoms with Gasteiger partial charge in [-0.3, -0.25) is 9.59 Å². The van der Waals surface area contributed by atoms with Crippen LogP contribution in [0, 0.1) is 5.41 Å². The van der Waals surface area contributed by atoms with Crippen LogP contribution < -0.4 is 0 Å². The molecular weight excluding hydrogens is 234 g/mol. The Morgan fingerprint density at radius 3 is 2.28 bits per heavy atom. The van der Waals surface area contributed by atoms with Crippen LogP contribution in [0.1, 0.15) is 45.4 Å². The molecular formula is C13H21NO4. The van der Waals surface area contributed by atoms with Crippen LogP contribution in [0.4, 0.5) is 0 Å². The summed E-state index contributed by atoms with van der Waals surface area (Å²) in [5, 5.41) is 19.2. The van der Waals surface area contributed by atoms with Crippen molar-refractivity contribution in [3.8, 4) is 0 Å². The molecule has 1 saturated carbocycles. The quantitative estimate of drug-likeness (QED) is 0.788. The van der Waals surface area contributed by atoms with Crippen molar-refractivity contribution in [3.05, 3.63) is 0 Å². The molecule has 1 amide bonds. The van der Waals surface area contributed by atoms with Crippen molar-refractivity contribution in [2.75, 3.05) is 13.1 Å².